The van der Waals surface area contributed by atoms with Gasteiger partial charge in [-0.25, -0.2) is 4.98 Å². The predicted molar refractivity (Wildman–Crippen MR) is 59.2 cm³/mol. The summed E-state index contributed by atoms with van der Waals surface area (Å²) in [6.07, 6.45) is 4.28. The maximum atomic E-state index is 12.3. The predicted octanol–water partition coefficient (Wildman–Crippen LogP) is 1.86. The van der Waals surface area contributed by atoms with Crippen molar-refractivity contribution < 1.29 is 21.2 Å². The molecule has 18 heavy (non-hydrogen) atoms. The number of aromatic nitrogens is 2. The van der Waals surface area contributed by atoms with Crippen molar-refractivity contribution in [3.05, 3.63) is 42.9 Å². The lowest BCUT2D eigenvalue weighted by atomic mass is 10.3. The maximum Gasteiger partial charge on any atom is 0.488 e. The van der Waals surface area contributed by atoms with E-state index in [2.05, 4.69) is 14.2 Å². The van der Waals surface area contributed by atoms with Crippen molar-refractivity contribution in [2.75, 3.05) is 0 Å². The monoisotopic (exact) mass is 270 g/mol. The fourth-order valence-electron chi connectivity index (χ4n) is 1.16. The van der Waals surface area contributed by atoms with Gasteiger partial charge in [-0.1, -0.05) is 9.95 Å². The standard InChI is InChI=1S/C10H7FN2O4S/c11-18(14,15)17-9-3-1-2-8(6-9)16-10-7-12-4-5-13-10/h1-7H. The molecule has 0 aliphatic rings. The molecule has 0 radical (unpaired) electrons. The lowest BCUT2D eigenvalue weighted by Gasteiger charge is -2.05. The molecular formula is C10H7FN2O4S. The molecule has 0 N–H and O–H groups in total. The van der Waals surface area contributed by atoms with Gasteiger partial charge in [-0.3, -0.25) is 4.98 Å². The zero-order valence-corrected chi connectivity index (χ0v) is 9.67. The van der Waals surface area contributed by atoms with Gasteiger partial charge >= 0.3 is 10.5 Å². The Morgan fingerprint density at radius 3 is 2.61 bits per heavy atom. The summed E-state index contributed by atoms with van der Waals surface area (Å²) < 4.78 is 42.3. The molecule has 0 saturated carbocycles. The lowest BCUT2D eigenvalue weighted by molar-refractivity contribution is 0.433. The van der Waals surface area contributed by atoms with Crippen molar-refractivity contribution in [1.29, 1.82) is 0 Å². The first-order valence-corrected chi connectivity index (χ1v) is 6.02. The molecule has 1 aromatic heterocycles. The van der Waals surface area contributed by atoms with Crippen LogP contribution in [0.2, 0.25) is 0 Å². The minimum absolute atomic E-state index is 0.195. The average molecular weight is 270 g/mol. The van der Waals surface area contributed by atoms with E-state index in [0.717, 1.165) is 0 Å². The van der Waals surface area contributed by atoms with E-state index in [-0.39, 0.29) is 17.4 Å². The van der Waals surface area contributed by atoms with Crippen molar-refractivity contribution in [1.82, 2.24) is 9.97 Å². The van der Waals surface area contributed by atoms with Gasteiger partial charge in [-0.2, -0.15) is 8.42 Å². The summed E-state index contributed by atoms with van der Waals surface area (Å²) in [6, 6.07) is 5.48. The van der Waals surface area contributed by atoms with E-state index in [1.54, 1.807) is 0 Å². The highest BCUT2D eigenvalue weighted by molar-refractivity contribution is 7.81. The number of halogens is 1. The Morgan fingerprint density at radius 1 is 1.17 bits per heavy atom. The van der Waals surface area contributed by atoms with Crippen molar-refractivity contribution in [3.63, 3.8) is 0 Å². The number of hydrogen-bond acceptors (Lipinski definition) is 6. The van der Waals surface area contributed by atoms with Crippen LogP contribution in [0.4, 0.5) is 3.89 Å². The normalized spacial score (nSPS) is 10.9. The Balaban J connectivity index is 2.18. The SMILES string of the molecule is O=S(=O)(F)Oc1cccc(Oc2cnccn2)c1. The van der Waals surface area contributed by atoms with Crippen molar-refractivity contribution >= 4 is 10.5 Å². The highest BCUT2D eigenvalue weighted by Gasteiger charge is 2.10. The van der Waals surface area contributed by atoms with Crippen LogP contribution in [-0.2, 0) is 10.5 Å². The van der Waals surface area contributed by atoms with Crippen LogP contribution in [0, 0.1) is 0 Å². The fraction of sp³-hybridized carbons (Fsp3) is 0. The van der Waals surface area contributed by atoms with Crippen LogP contribution in [0.5, 0.6) is 17.4 Å². The van der Waals surface area contributed by atoms with Gasteiger partial charge in [0.25, 0.3) is 0 Å². The molecule has 0 spiro atoms. The van der Waals surface area contributed by atoms with Crippen molar-refractivity contribution in [3.8, 4) is 17.4 Å². The third-order valence-electron chi connectivity index (χ3n) is 1.76. The number of rotatable bonds is 4. The van der Waals surface area contributed by atoms with Crippen molar-refractivity contribution in [2.45, 2.75) is 0 Å². The Hall–Kier alpha value is -2.22. The van der Waals surface area contributed by atoms with E-state index < -0.39 is 10.5 Å². The van der Waals surface area contributed by atoms with Crippen LogP contribution in [-0.4, -0.2) is 18.4 Å². The zero-order valence-electron chi connectivity index (χ0n) is 8.86. The first-order valence-electron chi connectivity index (χ1n) is 4.71. The van der Waals surface area contributed by atoms with Crippen molar-refractivity contribution in [2.24, 2.45) is 0 Å². The molecule has 0 fully saturated rings. The van der Waals surface area contributed by atoms with E-state index in [4.69, 9.17) is 4.74 Å². The maximum absolute atomic E-state index is 12.3. The first kappa shape index (κ1) is 12.2. The number of ether oxygens (including phenoxy) is 1. The summed E-state index contributed by atoms with van der Waals surface area (Å²) in [6.45, 7) is 0. The molecule has 0 unspecified atom stereocenters. The quantitative estimate of drug-likeness (QED) is 0.789. The molecule has 0 saturated heterocycles. The molecule has 6 nitrogen and oxygen atoms in total. The molecule has 94 valence electrons. The second kappa shape index (κ2) is 4.96. The Morgan fingerprint density at radius 2 is 1.94 bits per heavy atom. The Labute approximate surface area is 102 Å². The minimum Gasteiger partial charge on any atom is -0.437 e. The average Bonchev–Trinajstić information content (AvgIpc) is 2.28. The minimum atomic E-state index is -5.05. The number of nitrogens with zero attached hydrogens (tertiary/aromatic N) is 2. The number of benzene rings is 1. The van der Waals surface area contributed by atoms with Gasteiger partial charge in [-0.15, -0.1) is 0 Å². The summed E-state index contributed by atoms with van der Waals surface area (Å²) >= 11 is 0. The molecule has 2 aromatic rings. The van der Waals surface area contributed by atoms with E-state index in [9.17, 15) is 12.3 Å². The molecule has 0 atom stereocenters. The molecule has 1 heterocycles. The highest BCUT2D eigenvalue weighted by Crippen LogP contribution is 2.24. The van der Waals surface area contributed by atoms with Gasteiger partial charge < -0.3 is 8.92 Å². The topological polar surface area (TPSA) is 78.4 Å². The number of hydrogen-bond donors (Lipinski definition) is 0. The molecule has 1 aromatic carbocycles. The molecule has 0 amide bonds. The van der Waals surface area contributed by atoms with Gasteiger partial charge in [0, 0.05) is 18.5 Å². The summed E-state index contributed by atoms with van der Waals surface area (Å²) in [4.78, 5) is 7.65. The van der Waals surface area contributed by atoms with Crippen LogP contribution in [0.3, 0.4) is 0 Å². The van der Waals surface area contributed by atoms with Gasteiger partial charge in [0.1, 0.15) is 11.5 Å². The fourth-order valence-corrected chi connectivity index (χ4v) is 1.50. The van der Waals surface area contributed by atoms with Gasteiger partial charge in [0.05, 0.1) is 6.20 Å². The van der Waals surface area contributed by atoms with Crippen LogP contribution in [0.25, 0.3) is 0 Å². The van der Waals surface area contributed by atoms with E-state index in [1.165, 1.54) is 42.9 Å². The Kier molecular flexibility index (Phi) is 3.38. The van der Waals surface area contributed by atoms with Gasteiger partial charge in [0.15, 0.2) is 0 Å². The van der Waals surface area contributed by atoms with E-state index in [1.807, 2.05) is 0 Å². The summed E-state index contributed by atoms with van der Waals surface area (Å²) in [5.74, 6) is 0.272. The third kappa shape index (κ3) is 3.67. The summed E-state index contributed by atoms with van der Waals surface area (Å²) in [7, 11) is -5.05. The van der Waals surface area contributed by atoms with E-state index in [0.29, 0.717) is 0 Å². The van der Waals surface area contributed by atoms with Crippen LogP contribution >= 0.6 is 0 Å². The molecule has 0 aliphatic carbocycles. The highest BCUT2D eigenvalue weighted by atomic mass is 32.3. The molecule has 0 aliphatic heterocycles. The molecule has 2 rings (SSSR count). The van der Waals surface area contributed by atoms with Gasteiger partial charge in [0.2, 0.25) is 5.88 Å². The summed E-state index contributed by atoms with van der Waals surface area (Å²) in [5, 5.41) is 0. The first-order chi connectivity index (χ1) is 8.53. The van der Waals surface area contributed by atoms with Gasteiger partial charge in [-0.05, 0) is 12.1 Å². The lowest BCUT2D eigenvalue weighted by Crippen LogP contribution is -2.01. The largest absolute Gasteiger partial charge is 0.488 e. The van der Waals surface area contributed by atoms with Crippen LogP contribution in [0.1, 0.15) is 0 Å². The van der Waals surface area contributed by atoms with E-state index >= 15 is 0 Å². The third-order valence-corrected chi connectivity index (χ3v) is 2.15. The molecule has 8 heteroatoms. The zero-order chi connectivity index (χ0) is 13.0. The van der Waals surface area contributed by atoms with Crippen LogP contribution in [0.15, 0.2) is 42.9 Å². The molecule has 0 bridgehead atoms. The second-order valence-electron chi connectivity index (χ2n) is 3.10. The molecular weight excluding hydrogens is 263 g/mol. The summed E-state index contributed by atoms with van der Waals surface area (Å²) in [5.41, 5.74) is 0. The van der Waals surface area contributed by atoms with Crippen LogP contribution < -0.4 is 8.92 Å². The second-order valence-corrected chi connectivity index (χ2v) is 4.05. The smallest absolute Gasteiger partial charge is 0.437 e. The Bertz CT molecular complexity index is 633.